The Labute approximate surface area is 120 Å². The van der Waals surface area contributed by atoms with Crippen molar-refractivity contribution in [2.75, 3.05) is 20.6 Å². The first-order valence-electron chi connectivity index (χ1n) is 6.70. The maximum atomic E-state index is 12.1. The summed E-state index contributed by atoms with van der Waals surface area (Å²) in [6, 6.07) is 14.1. The molecule has 0 fully saturated rings. The summed E-state index contributed by atoms with van der Waals surface area (Å²) in [6.45, 7) is 0.584. The second-order valence-electron chi connectivity index (χ2n) is 5.10. The van der Waals surface area contributed by atoms with E-state index >= 15 is 0 Å². The van der Waals surface area contributed by atoms with Gasteiger partial charge in [-0.05, 0) is 31.8 Å². The zero-order valence-electron chi connectivity index (χ0n) is 12.2. The molecule has 0 aliphatic carbocycles. The summed E-state index contributed by atoms with van der Waals surface area (Å²) in [5.41, 5.74) is 1.88. The average molecular weight is 271 g/mol. The molecule has 0 aliphatic rings. The zero-order chi connectivity index (χ0) is 14.5. The Hall–Kier alpha value is -2.07. The Morgan fingerprint density at radius 2 is 1.90 bits per heavy atom. The lowest BCUT2D eigenvalue weighted by Crippen LogP contribution is -2.35. The number of nitrogens with one attached hydrogen (secondary N) is 1. The molecule has 0 unspecified atom stereocenters. The third-order valence-electron chi connectivity index (χ3n) is 3.44. The number of aromatic nitrogens is 1. The van der Waals surface area contributed by atoms with Gasteiger partial charge in [-0.1, -0.05) is 30.3 Å². The monoisotopic (exact) mass is 271 g/mol. The number of carbonyl (C=O) groups is 1. The lowest BCUT2D eigenvalue weighted by molar-refractivity contribution is 0.0934. The van der Waals surface area contributed by atoms with Crippen LogP contribution < -0.4 is 5.32 Å². The highest BCUT2D eigenvalue weighted by atomic mass is 16.1. The number of aryl methyl sites for hydroxylation is 1. The van der Waals surface area contributed by atoms with Gasteiger partial charge < -0.3 is 14.8 Å². The van der Waals surface area contributed by atoms with Crippen molar-refractivity contribution in [3.8, 4) is 0 Å². The van der Waals surface area contributed by atoms with Crippen LogP contribution in [0, 0.1) is 0 Å². The summed E-state index contributed by atoms with van der Waals surface area (Å²) >= 11 is 0. The second kappa shape index (κ2) is 6.39. The highest BCUT2D eigenvalue weighted by Gasteiger charge is 2.16. The quantitative estimate of drug-likeness (QED) is 0.904. The van der Waals surface area contributed by atoms with Gasteiger partial charge in [-0.15, -0.1) is 0 Å². The van der Waals surface area contributed by atoms with Gasteiger partial charge in [0.1, 0.15) is 5.69 Å². The average Bonchev–Trinajstić information content (AvgIpc) is 2.86. The molecule has 4 nitrogen and oxygen atoms in total. The first-order chi connectivity index (χ1) is 9.59. The third-order valence-corrected chi connectivity index (χ3v) is 3.44. The van der Waals surface area contributed by atoms with E-state index < -0.39 is 0 Å². The largest absolute Gasteiger partial charge is 0.349 e. The molecule has 1 heterocycles. The molecule has 106 valence electrons. The van der Waals surface area contributed by atoms with E-state index in [1.54, 1.807) is 0 Å². The van der Waals surface area contributed by atoms with Crippen LogP contribution in [0.2, 0.25) is 0 Å². The van der Waals surface area contributed by atoms with Gasteiger partial charge in [0, 0.05) is 19.8 Å². The Morgan fingerprint density at radius 3 is 2.45 bits per heavy atom. The standard InChI is InChI=1S/C16H21N3O/c1-18(2)15(13-8-5-4-6-9-13)12-17-16(20)14-10-7-11-19(14)3/h4-11,15H,12H2,1-3H3,(H,17,20)/t15-/m1/s1. The van der Waals surface area contributed by atoms with Crippen molar-refractivity contribution < 1.29 is 4.79 Å². The fraction of sp³-hybridized carbons (Fsp3) is 0.312. The minimum absolute atomic E-state index is 0.0414. The molecule has 20 heavy (non-hydrogen) atoms. The molecular formula is C16H21N3O. The van der Waals surface area contributed by atoms with Gasteiger partial charge in [0.05, 0.1) is 6.04 Å². The molecule has 1 amide bonds. The molecule has 0 saturated heterocycles. The number of hydrogen-bond donors (Lipinski definition) is 1. The highest BCUT2D eigenvalue weighted by Crippen LogP contribution is 2.16. The lowest BCUT2D eigenvalue weighted by atomic mass is 10.1. The van der Waals surface area contributed by atoms with E-state index in [9.17, 15) is 4.79 Å². The van der Waals surface area contributed by atoms with Crippen molar-refractivity contribution in [2.45, 2.75) is 6.04 Å². The van der Waals surface area contributed by atoms with Gasteiger partial charge in [-0.3, -0.25) is 4.79 Å². The molecule has 0 aliphatic heterocycles. The Morgan fingerprint density at radius 1 is 1.20 bits per heavy atom. The number of likely N-dealkylation sites (N-methyl/N-ethyl adjacent to an activating group) is 1. The number of hydrogen-bond acceptors (Lipinski definition) is 2. The zero-order valence-corrected chi connectivity index (χ0v) is 12.2. The van der Waals surface area contributed by atoms with Crippen molar-refractivity contribution in [3.05, 3.63) is 59.9 Å². The van der Waals surface area contributed by atoms with Crippen LogP contribution in [0.4, 0.5) is 0 Å². The van der Waals surface area contributed by atoms with Crippen LogP contribution in [0.5, 0.6) is 0 Å². The van der Waals surface area contributed by atoms with Crippen LogP contribution in [-0.4, -0.2) is 36.0 Å². The van der Waals surface area contributed by atoms with Crippen molar-refractivity contribution in [2.24, 2.45) is 7.05 Å². The molecule has 1 atom stereocenters. The molecule has 0 spiro atoms. The van der Waals surface area contributed by atoms with Crippen molar-refractivity contribution in [1.29, 1.82) is 0 Å². The first-order valence-corrected chi connectivity index (χ1v) is 6.70. The number of carbonyl (C=O) groups excluding carboxylic acids is 1. The molecule has 2 rings (SSSR count). The predicted octanol–water partition coefficient (Wildman–Crippen LogP) is 2.06. The van der Waals surface area contributed by atoms with Crippen molar-refractivity contribution in [1.82, 2.24) is 14.8 Å². The Bertz CT molecular complexity index is 560. The van der Waals surface area contributed by atoms with E-state index in [0.29, 0.717) is 12.2 Å². The van der Waals surface area contributed by atoms with E-state index in [1.165, 1.54) is 5.56 Å². The van der Waals surface area contributed by atoms with Gasteiger partial charge in [0.25, 0.3) is 5.91 Å². The first kappa shape index (κ1) is 14.3. The summed E-state index contributed by atoms with van der Waals surface area (Å²) in [5.74, 6) is -0.0414. The van der Waals surface area contributed by atoms with Crippen molar-refractivity contribution in [3.63, 3.8) is 0 Å². The fourth-order valence-electron chi connectivity index (χ4n) is 2.25. The number of amides is 1. The Balaban J connectivity index is 2.04. The normalized spacial score (nSPS) is 12.4. The highest BCUT2D eigenvalue weighted by molar-refractivity contribution is 5.92. The topological polar surface area (TPSA) is 37.3 Å². The third kappa shape index (κ3) is 3.27. The number of benzene rings is 1. The van der Waals surface area contributed by atoms with Crippen molar-refractivity contribution >= 4 is 5.91 Å². The summed E-state index contributed by atoms with van der Waals surface area (Å²) in [4.78, 5) is 14.2. The molecule has 1 aromatic heterocycles. The molecule has 0 saturated carbocycles. The maximum absolute atomic E-state index is 12.1. The Kier molecular flexibility index (Phi) is 4.58. The predicted molar refractivity (Wildman–Crippen MR) is 80.6 cm³/mol. The van der Waals surface area contributed by atoms with Gasteiger partial charge in [-0.2, -0.15) is 0 Å². The molecule has 0 bridgehead atoms. The molecule has 1 aromatic carbocycles. The van der Waals surface area contributed by atoms with Crippen LogP contribution in [0.15, 0.2) is 48.7 Å². The van der Waals surface area contributed by atoms with Gasteiger partial charge in [0.2, 0.25) is 0 Å². The minimum Gasteiger partial charge on any atom is -0.349 e. The van der Waals surface area contributed by atoms with Crippen LogP contribution in [0.25, 0.3) is 0 Å². The van der Waals surface area contributed by atoms with Crippen LogP contribution in [-0.2, 0) is 7.05 Å². The summed E-state index contributed by atoms with van der Waals surface area (Å²) in [7, 11) is 5.91. The lowest BCUT2D eigenvalue weighted by Gasteiger charge is -2.25. The number of rotatable bonds is 5. The molecule has 4 heteroatoms. The summed E-state index contributed by atoms with van der Waals surface area (Å²) in [6.07, 6.45) is 1.87. The SMILES string of the molecule is CN(C)[C@H](CNC(=O)c1cccn1C)c1ccccc1. The molecule has 1 N–H and O–H groups in total. The van der Waals surface area contributed by atoms with Gasteiger partial charge in [-0.25, -0.2) is 0 Å². The smallest absolute Gasteiger partial charge is 0.267 e. The minimum atomic E-state index is -0.0414. The van der Waals surface area contributed by atoms with E-state index in [1.807, 2.05) is 62.2 Å². The van der Waals surface area contributed by atoms with Gasteiger partial charge in [0.15, 0.2) is 0 Å². The summed E-state index contributed by atoms with van der Waals surface area (Å²) < 4.78 is 1.82. The summed E-state index contributed by atoms with van der Waals surface area (Å²) in [5, 5.41) is 3.00. The van der Waals surface area contributed by atoms with E-state index in [2.05, 4.69) is 22.3 Å². The molecule has 0 radical (unpaired) electrons. The fourth-order valence-corrected chi connectivity index (χ4v) is 2.25. The molecular weight excluding hydrogens is 250 g/mol. The molecule has 2 aromatic rings. The van der Waals surface area contributed by atoms with Crippen LogP contribution in [0.3, 0.4) is 0 Å². The van der Waals surface area contributed by atoms with E-state index in [-0.39, 0.29) is 11.9 Å². The maximum Gasteiger partial charge on any atom is 0.267 e. The number of nitrogens with zero attached hydrogens (tertiary/aromatic N) is 2. The van der Waals surface area contributed by atoms with Crippen LogP contribution >= 0.6 is 0 Å². The second-order valence-corrected chi connectivity index (χ2v) is 5.10. The van der Waals surface area contributed by atoms with E-state index in [0.717, 1.165) is 0 Å². The van der Waals surface area contributed by atoms with Gasteiger partial charge >= 0.3 is 0 Å². The van der Waals surface area contributed by atoms with Crippen LogP contribution in [0.1, 0.15) is 22.1 Å². The van der Waals surface area contributed by atoms with E-state index in [4.69, 9.17) is 0 Å².